The number of carbonyl (C=O) groups excluding carboxylic acids is 1. The van der Waals surface area contributed by atoms with E-state index >= 15 is 0 Å². The smallest absolute Gasteiger partial charge is 0.224 e. The second-order valence-electron chi connectivity index (χ2n) is 4.22. The quantitative estimate of drug-likeness (QED) is 0.847. The van der Waals surface area contributed by atoms with Gasteiger partial charge in [0, 0.05) is 20.1 Å². The van der Waals surface area contributed by atoms with Gasteiger partial charge in [-0.2, -0.15) is 0 Å². The van der Waals surface area contributed by atoms with Crippen molar-refractivity contribution in [2.75, 3.05) is 25.0 Å². The van der Waals surface area contributed by atoms with E-state index < -0.39 is 0 Å². The first-order chi connectivity index (χ1) is 8.20. The van der Waals surface area contributed by atoms with Crippen LogP contribution in [0.4, 0.5) is 5.82 Å². The fraction of sp³-hybridized carbons (Fsp3) is 0.500. The summed E-state index contributed by atoms with van der Waals surface area (Å²) < 4.78 is 0.831. The summed E-state index contributed by atoms with van der Waals surface area (Å²) in [6, 6.07) is 5.86. The molecule has 2 rings (SSSR count). The van der Waals surface area contributed by atoms with Gasteiger partial charge in [0.2, 0.25) is 5.91 Å². The molecule has 1 aliphatic heterocycles. The minimum atomic E-state index is 0.0783. The number of pyridine rings is 1. The number of aromatic nitrogens is 1. The molecule has 1 saturated heterocycles. The topological polar surface area (TPSA) is 45.2 Å². The Labute approximate surface area is 110 Å². The first-order valence-corrected chi connectivity index (χ1v) is 6.59. The predicted molar refractivity (Wildman–Crippen MR) is 70.9 cm³/mol. The molecule has 0 saturated carbocycles. The Balaban J connectivity index is 2.09. The molecule has 5 heteroatoms. The van der Waals surface area contributed by atoms with Crippen LogP contribution < -0.4 is 10.2 Å². The predicted octanol–water partition coefficient (Wildman–Crippen LogP) is 1.81. The highest BCUT2D eigenvalue weighted by molar-refractivity contribution is 9.10. The maximum Gasteiger partial charge on any atom is 0.224 e. The molecular formula is C12H16BrN3O. The third-order valence-corrected chi connectivity index (χ3v) is 3.50. The van der Waals surface area contributed by atoms with E-state index in [-0.39, 0.29) is 11.8 Å². The summed E-state index contributed by atoms with van der Waals surface area (Å²) in [5.74, 6) is 1.15. The summed E-state index contributed by atoms with van der Waals surface area (Å²) in [7, 11) is 1.69. The molecule has 0 bridgehead atoms. The molecule has 1 atom stereocenters. The second kappa shape index (κ2) is 5.49. The Hall–Kier alpha value is -1.10. The van der Waals surface area contributed by atoms with Crippen molar-refractivity contribution in [2.45, 2.75) is 12.8 Å². The molecule has 1 amide bonds. The SMILES string of the molecule is CNC(=O)C1CCCN(c2cccc(Br)n2)C1. The van der Waals surface area contributed by atoms with E-state index in [1.807, 2.05) is 18.2 Å². The van der Waals surface area contributed by atoms with Crippen molar-refractivity contribution in [3.8, 4) is 0 Å². The fourth-order valence-corrected chi connectivity index (χ4v) is 2.51. The average Bonchev–Trinajstić information content (AvgIpc) is 2.38. The Morgan fingerprint density at radius 3 is 3.12 bits per heavy atom. The van der Waals surface area contributed by atoms with Gasteiger partial charge in [-0.1, -0.05) is 6.07 Å². The molecule has 92 valence electrons. The van der Waals surface area contributed by atoms with Crippen molar-refractivity contribution in [3.05, 3.63) is 22.8 Å². The van der Waals surface area contributed by atoms with Gasteiger partial charge in [-0.15, -0.1) is 0 Å². The summed E-state index contributed by atoms with van der Waals surface area (Å²) in [5.41, 5.74) is 0. The van der Waals surface area contributed by atoms with Crippen LogP contribution in [0.25, 0.3) is 0 Å². The number of hydrogen-bond donors (Lipinski definition) is 1. The van der Waals surface area contributed by atoms with E-state index in [0.717, 1.165) is 36.4 Å². The van der Waals surface area contributed by atoms with Gasteiger partial charge in [-0.3, -0.25) is 4.79 Å². The zero-order valence-electron chi connectivity index (χ0n) is 9.82. The number of hydrogen-bond acceptors (Lipinski definition) is 3. The summed E-state index contributed by atoms with van der Waals surface area (Å²) in [6.07, 6.45) is 2.00. The Morgan fingerprint density at radius 2 is 2.41 bits per heavy atom. The third-order valence-electron chi connectivity index (χ3n) is 3.06. The van der Waals surface area contributed by atoms with Crippen molar-refractivity contribution in [3.63, 3.8) is 0 Å². The fourth-order valence-electron chi connectivity index (χ4n) is 2.18. The first-order valence-electron chi connectivity index (χ1n) is 5.80. The van der Waals surface area contributed by atoms with Crippen LogP contribution in [-0.2, 0) is 4.79 Å². The van der Waals surface area contributed by atoms with Crippen molar-refractivity contribution in [1.29, 1.82) is 0 Å². The number of amides is 1. The van der Waals surface area contributed by atoms with Gasteiger partial charge in [0.05, 0.1) is 5.92 Å². The van der Waals surface area contributed by atoms with Crippen molar-refractivity contribution in [2.24, 2.45) is 5.92 Å². The number of anilines is 1. The number of rotatable bonds is 2. The minimum absolute atomic E-state index is 0.0783. The van der Waals surface area contributed by atoms with E-state index in [1.54, 1.807) is 7.05 Å². The first kappa shape index (κ1) is 12.4. The summed E-state index contributed by atoms with van der Waals surface area (Å²) in [4.78, 5) is 18.2. The van der Waals surface area contributed by atoms with Crippen molar-refractivity contribution in [1.82, 2.24) is 10.3 Å². The Kier molecular flexibility index (Phi) is 3.99. The van der Waals surface area contributed by atoms with Crippen LogP contribution >= 0.6 is 15.9 Å². The molecule has 0 radical (unpaired) electrons. The maximum atomic E-state index is 11.6. The van der Waals surface area contributed by atoms with Gasteiger partial charge in [0.15, 0.2) is 0 Å². The van der Waals surface area contributed by atoms with Crippen LogP contribution in [0.3, 0.4) is 0 Å². The lowest BCUT2D eigenvalue weighted by atomic mass is 9.97. The van der Waals surface area contributed by atoms with Crippen LogP contribution in [0.5, 0.6) is 0 Å². The average molecular weight is 298 g/mol. The summed E-state index contributed by atoms with van der Waals surface area (Å²) >= 11 is 3.37. The molecule has 2 heterocycles. The highest BCUT2D eigenvalue weighted by atomic mass is 79.9. The van der Waals surface area contributed by atoms with Gasteiger partial charge < -0.3 is 10.2 Å². The second-order valence-corrected chi connectivity index (χ2v) is 5.03. The highest BCUT2D eigenvalue weighted by Gasteiger charge is 2.25. The monoisotopic (exact) mass is 297 g/mol. The van der Waals surface area contributed by atoms with E-state index in [1.165, 1.54) is 0 Å². The standard InChI is InChI=1S/C12H16BrN3O/c1-14-12(17)9-4-3-7-16(8-9)11-6-2-5-10(13)15-11/h2,5-6,9H,3-4,7-8H2,1H3,(H,14,17). The number of halogens is 1. The number of nitrogens with zero attached hydrogens (tertiary/aromatic N) is 2. The lowest BCUT2D eigenvalue weighted by molar-refractivity contribution is -0.124. The lowest BCUT2D eigenvalue weighted by Gasteiger charge is -2.32. The van der Waals surface area contributed by atoms with Crippen LogP contribution in [0.15, 0.2) is 22.8 Å². The highest BCUT2D eigenvalue weighted by Crippen LogP contribution is 2.22. The zero-order chi connectivity index (χ0) is 12.3. The van der Waals surface area contributed by atoms with Crippen molar-refractivity contribution >= 4 is 27.7 Å². The normalized spacial score (nSPS) is 20.1. The molecule has 1 unspecified atom stereocenters. The molecule has 1 fully saturated rings. The minimum Gasteiger partial charge on any atom is -0.359 e. The molecular weight excluding hydrogens is 282 g/mol. The molecule has 17 heavy (non-hydrogen) atoms. The van der Waals surface area contributed by atoms with Gasteiger partial charge in [-0.25, -0.2) is 4.98 Å². The summed E-state index contributed by atoms with van der Waals surface area (Å²) in [5, 5.41) is 2.72. The Morgan fingerprint density at radius 1 is 1.59 bits per heavy atom. The zero-order valence-corrected chi connectivity index (χ0v) is 11.4. The van der Waals surface area contributed by atoms with E-state index in [2.05, 4.69) is 31.1 Å². The van der Waals surface area contributed by atoms with E-state index in [9.17, 15) is 4.79 Å². The number of carbonyl (C=O) groups is 1. The van der Waals surface area contributed by atoms with Gasteiger partial charge in [-0.05, 0) is 40.9 Å². The largest absolute Gasteiger partial charge is 0.359 e. The third kappa shape index (κ3) is 2.97. The summed E-state index contributed by atoms with van der Waals surface area (Å²) in [6.45, 7) is 1.72. The molecule has 1 N–H and O–H groups in total. The molecule has 0 aromatic carbocycles. The van der Waals surface area contributed by atoms with Crippen LogP contribution in [0, 0.1) is 5.92 Å². The molecule has 4 nitrogen and oxygen atoms in total. The molecule has 1 aromatic rings. The lowest BCUT2D eigenvalue weighted by Crippen LogP contribution is -2.42. The van der Waals surface area contributed by atoms with Gasteiger partial charge >= 0.3 is 0 Å². The van der Waals surface area contributed by atoms with Crippen molar-refractivity contribution < 1.29 is 4.79 Å². The molecule has 1 aliphatic rings. The molecule has 1 aromatic heterocycles. The molecule has 0 spiro atoms. The van der Waals surface area contributed by atoms with Gasteiger partial charge in [0.25, 0.3) is 0 Å². The molecule has 0 aliphatic carbocycles. The van der Waals surface area contributed by atoms with E-state index in [0.29, 0.717) is 0 Å². The van der Waals surface area contributed by atoms with Crippen LogP contribution in [0.1, 0.15) is 12.8 Å². The van der Waals surface area contributed by atoms with E-state index in [4.69, 9.17) is 0 Å². The maximum absolute atomic E-state index is 11.6. The number of nitrogens with one attached hydrogen (secondary N) is 1. The Bertz CT molecular complexity index is 410. The van der Waals surface area contributed by atoms with Crippen LogP contribution in [0.2, 0.25) is 0 Å². The number of piperidine rings is 1. The van der Waals surface area contributed by atoms with Gasteiger partial charge in [0.1, 0.15) is 10.4 Å². The van der Waals surface area contributed by atoms with Crippen LogP contribution in [-0.4, -0.2) is 31.0 Å².